The van der Waals surface area contributed by atoms with E-state index in [-0.39, 0.29) is 18.9 Å². The molecular weight excluding hydrogens is 167 g/mol. The molecule has 1 rings (SSSR count). The Kier molecular flexibility index (Phi) is 6.66. The Hall–Kier alpha value is -0.483. The van der Waals surface area contributed by atoms with Gasteiger partial charge in [0.1, 0.15) is 0 Å². The Morgan fingerprint density at radius 1 is 1.36 bits per heavy atom. The fraction of sp³-hybridized carbons (Fsp3) is 0.333. The topological polar surface area (TPSA) is 23.1 Å². The monoisotopic (exact) mass is 182 g/mol. The summed E-state index contributed by atoms with van der Waals surface area (Å²) < 4.78 is 0. The summed E-state index contributed by atoms with van der Waals surface area (Å²) >= 11 is 0. The van der Waals surface area contributed by atoms with Crippen molar-refractivity contribution >= 4 is 0 Å². The Morgan fingerprint density at radius 2 is 1.93 bits per heavy atom. The number of hydrogen-bond acceptors (Lipinski definition) is 1. The number of rotatable bonds is 4. The summed E-state index contributed by atoms with van der Waals surface area (Å²) in [6.45, 7) is 5.45. The zero-order chi connectivity index (χ0) is 9.68. The second kappa shape index (κ2) is 6.90. The normalized spacial score (nSPS) is 11.6. The van der Waals surface area contributed by atoms with Crippen LogP contribution in [0.3, 0.4) is 0 Å². The van der Waals surface area contributed by atoms with Crippen LogP contribution in [0.2, 0.25) is 0 Å². The second-order valence-electron chi connectivity index (χ2n) is 3.36. The molecule has 0 heterocycles. The van der Waals surface area contributed by atoms with Crippen LogP contribution in [0, 0.1) is 0 Å². The minimum atomic E-state index is -0.611. The smallest absolute Gasteiger partial charge is 0.849 e. The second-order valence-corrected chi connectivity index (χ2v) is 3.36. The molecule has 0 fully saturated rings. The third-order valence-corrected chi connectivity index (χ3v) is 2.09. The minimum Gasteiger partial charge on any atom is -0.849 e. The molecular formula is C12H15LiO. The van der Waals surface area contributed by atoms with E-state index in [9.17, 15) is 5.11 Å². The molecule has 0 radical (unpaired) electrons. The fourth-order valence-corrected chi connectivity index (χ4v) is 1.19. The average Bonchev–Trinajstić information content (AvgIpc) is 2.15. The van der Waals surface area contributed by atoms with Gasteiger partial charge in [0, 0.05) is 0 Å². The maximum Gasteiger partial charge on any atom is 1.00 e. The van der Waals surface area contributed by atoms with Gasteiger partial charge in [-0.05, 0) is 18.9 Å². The van der Waals surface area contributed by atoms with E-state index < -0.39 is 6.10 Å². The third kappa shape index (κ3) is 4.67. The van der Waals surface area contributed by atoms with Crippen LogP contribution in [0.25, 0.3) is 0 Å². The van der Waals surface area contributed by atoms with Gasteiger partial charge < -0.3 is 5.11 Å². The van der Waals surface area contributed by atoms with E-state index in [1.54, 1.807) is 6.92 Å². The van der Waals surface area contributed by atoms with Gasteiger partial charge in [-0.3, -0.25) is 0 Å². The predicted molar refractivity (Wildman–Crippen MR) is 53.4 cm³/mol. The zero-order valence-corrected chi connectivity index (χ0v) is 8.99. The van der Waals surface area contributed by atoms with E-state index in [1.165, 1.54) is 5.56 Å². The first-order chi connectivity index (χ1) is 6.20. The van der Waals surface area contributed by atoms with Crippen LogP contribution >= 0.6 is 0 Å². The molecule has 0 unspecified atom stereocenters. The first-order valence-corrected chi connectivity index (χ1v) is 4.55. The molecule has 1 aromatic rings. The summed E-state index contributed by atoms with van der Waals surface area (Å²) in [5.74, 6) is 0. The van der Waals surface area contributed by atoms with Crippen LogP contribution in [0.1, 0.15) is 18.9 Å². The summed E-state index contributed by atoms with van der Waals surface area (Å²) in [4.78, 5) is 0. The molecule has 0 amide bonds. The van der Waals surface area contributed by atoms with Gasteiger partial charge in [0.15, 0.2) is 0 Å². The van der Waals surface area contributed by atoms with E-state index >= 15 is 0 Å². The van der Waals surface area contributed by atoms with Gasteiger partial charge >= 0.3 is 18.9 Å². The molecule has 0 aromatic heterocycles. The van der Waals surface area contributed by atoms with Gasteiger partial charge in [-0.1, -0.05) is 42.3 Å². The first-order valence-electron chi connectivity index (χ1n) is 4.55. The molecule has 0 N–H and O–H groups in total. The number of aryl methyl sites for hydroxylation is 1. The van der Waals surface area contributed by atoms with Crippen molar-refractivity contribution in [3.05, 3.63) is 48.0 Å². The largest absolute Gasteiger partial charge is 1.00 e. The molecule has 70 valence electrons. The summed E-state index contributed by atoms with van der Waals surface area (Å²) in [5, 5.41) is 11.3. The standard InChI is InChI=1S/C12H15O.Li/c1-10(2)12(13)9-8-11-6-4-3-5-7-11;/h3-7,12H,1,8-9H2,2H3;/q-1;+1/t12-;/m1./s1. The summed E-state index contributed by atoms with van der Waals surface area (Å²) in [7, 11) is 0. The maximum absolute atomic E-state index is 11.3. The Bertz CT molecular complexity index is 269. The minimum absolute atomic E-state index is 0. The van der Waals surface area contributed by atoms with Crippen molar-refractivity contribution in [3.8, 4) is 0 Å². The van der Waals surface area contributed by atoms with Crippen LogP contribution in [-0.2, 0) is 6.42 Å². The van der Waals surface area contributed by atoms with E-state index in [0.29, 0.717) is 6.42 Å². The van der Waals surface area contributed by atoms with Crippen molar-refractivity contribution in [1.82, 2.24) is 0 Å². The van der Waals surface area contributed by atoms with Crippen molar-refractivity contribution < 1.29 is 24.0 Å². The summed E-state index contributed by atoms with van der Waals surface area (Å²) in [5.41, 5.74) is 1.96. The van der Waals surface area contributed by atoms with Gasteiger partial charge in [-0.15, -0.1) is 12.7 Å². The Labute approximate surface area is 98.0 Å². The fourth-order valence-electron chi connectivity index (χ4n) is 1.19. The van der Waals surface area contributed by atoms with Crippen molar-refractivity contribution in [2.45, 2.75) is 25.9 Å². The van der Waals surface area contributed by atoms with Crippen LogP contribution < -0.4 is 24.0 Å². The summed E-state index contributed by atoms with van der Waals surface area (Å²) in [6, 6.07) is 10.1. The van der Waals surface area contributed by atoms with Crippen LogP contribution in [0.4, 0.5) is 0 Å². The maximum atomic E-state index is 11.3. The summed E-state index contributed by atoms with van der Waals surface area (Å²) in [6.07, 6.45) is 0.890. The number of benzene rings is 1. The van der Waals surface area contributed by atoms with Crippen molar-refractivity contribution in [3.63, 3.8) is 0 Å². The van der Waals surface area contributed by atoms with Crippen LogP contribution in [0.5, 0.6) is 0 Å². The molecule has 1 aromatic carbocycles. The zero-order valence-electron chi connectivity index (χ0n) is 8.99. The molecule has 0 spiro atoms. The van der Waals surface area contributed by atoms with Gasteiger partial charge in [0.05, 0.1) is 0 Å². The molecule has 0 saturated heterocycles. The molecule has 0 aliphatic rings. The molecule has 0 aliphatic heterocycles. The number of hydrogen-bond donors (Lipinski definition) is 0. The van der Waals surface area contributed by atoms with Crippen LogP contribution in [-0.4, -0.2) is 6.10 Å². The predicted octanol–water partition coefficient (Wildman–Crippen LogP) is -1.07. The van der Waals surface area contributed by atoms with Gasteiger partial charge in [0.2, 0.25) is 0 Å². The van der Waals surface area contributed by atoms with E-state index in [2.05, 4.69) is 6.58 Å². The third-order valence-electron chi connectivity index (χ3n) is 2.09. The molecule has 14 heavy (non-hydrogen) atoms. The van der Waals surface area contributed by atoms with E-state index in [1.807, 2.05) is 30.3 Å². The molecule has 1 nitrogen and oxygen atoms in total. The molecule has 0 saturated carbocycles. The van der Waals surface area contributed by atoms with Gasteiger partial charge in [-0.2, -0.15) is 0 Å². The molecule has 0 aliphatic carbocycles. The molecule has 0 bridgehead atoms. The van der Waals surface area contributed by atoms with Gasteiger partial charge in [-0.25, -0.2) is 0 Å². The van der Waals surface area contributed by atoms with Gasteiger partial charge in [0.25, 0.3) is 0 Å². The van der Waals surface area contributed by atoms with Crippen molar-refractivity contribution in [2.75, 3.05) is 0 Å². The quantitative estimate of drug-likeness (QED) is 0.429. The van der Waals surface area contributed by atoms with Crippen LogP contribution in [0.15, 0.2) is 42.5 Å². The molecule has 2 heteroatoms. The Morgan fingerprint density at radius 3 is 2.43 bits per heavy atom. The first kappa shape index (κ1) is 13.5. The average molecular weight is 182 g/mol. The Balaban J connectivity index is 0.00000169. The van der Waals surface area contributed by atoms with E-state index in [4.69, 9.17) is 0 Å². The van der Waals surface area contributed by atoms with Crippen molar-refractivity contribution in [1.29, 1.82) is 0 Å². The molecule has 1 atom stereocenters. The SMILES string of the molecule is C=C(C)[C@H]([O-])CCc1ccccc1.[Li+]. The van der Waals surface area contributed by atoms with Crippen molar-refractivity contribution in [2.24, 2.45) is 0 Å². The van der Waals surface area contributed by atoms with E-state index in [0.717, 1.165) is 12.0 Å².